The third-order valence-corrected chi connectivity index (χ3v) is 3.58. The lowest BCUT2D eigenvalue weighted by Crippen LogP contribution is -2.28. The van der Waals surface area contributed by atoms with Crippen LogP contribution in [-0.4, -0.2) is 12.2 Å². The van der Waals surface area contributed by atoms with Crippen molar-refractivity contribution in [3.8, 4) is 5.75 Å². The molecule has 0 aliphatic heterocycles. The molecule has 0 aromatic heterocycles. The van der Waals surface area contributed by atoms with E-state index in [1.807, 2.05) is 24.3 Å². The van der Waals surface area contributed by atoms with Gasteiger partial charge in [0, 0.05) is 0 Å². The molecular formula is C13H18O2. The summed E-state index contributed by atoms with van der Waals surface area (Å²) in [6.07, 6.45) is 3.07. The Morgan fingerprint density at radius 1 is 1.47 bits per heavy atom. The monoisotopic (exact) mass is 206 g/mol. The molecule has 2 rings (SSSR count). The second kappa shape index (κ2) is 3.86. The maximum atomic E-state index is 10.6. The van der Waals surface area contributed by atoms with Gasteiger partial charge in [-0.1, -0.05) is 19.1 Å². The summed E-state index contributed by atoms with van der Waals surface area (Å²) in [6, 6.07) is 7.79. The fourth-order valence-corrected chi connectivity index (χ4v) is 2.48. The first-order valence-corrected chi connectivity index (χ1v) is 5.54. The Kier molecular flexibility index (Phi) is 2.70. The van der Waals surface area contributed by atoms with Crippen molar-refractivity contribution >= 4 is 0 Å². The van der Waals surface area contributed by atoms with Gasteiger partial charge in [-0.3, -0.25) is 0 Å². The van der Waals surface area contributed by atoms with Crippen LogP contribution in [0.2, 0.25) is 0 Å². The first-order chi connectivity index (χ1) is 7.16. The highest BCUT2D eigenvalue weighted by Gasteiger charge is 2.39. The fourth-order valence-electron chi connectivity index (χ4n) is 2.48. The molecule has 1 fully saturated rings. The molecule has 0 heterocycles. The molecular weight excluding hydrogens is 188 g/mol. The third-order valence-electron chi connectivity index (χ3n) is 3.58. The van der Waals surface area contributed by atoms with Crippen LogP contribution in [0.5, 0.6) is 5.75 Å². The molecule has 1 aliphatic carbocycles. The average Bonchev–Trinajstić information content (AvgIpc) is 2.61. The first kappa shape index (κ1) is 10.5. The predicted molar refractivity (Wildman–Crippen MR) is 59.9 cm³/mol. The largest absolute Gasteiger partial charge is 0.497 e. The van der Waals surface area contributed by atoms with Crippen LogP contribution >= 0.6 is 0 Å². The van der Waals surface area contributed by atoms with E-state index in [4.69, 9.17) is 4.74 Å². The van der Waals surface area contributed by atoms with E-state index >= 15 is 0 Å². The van der Waals surface area contributed by atoms with Crippen molar-refractivity contribution in [1.82, 2.24) is 0 Å². The number of rotatable bonds is 2. The van der Waals surface area contributed by atoms with Gasteiger partial charge >= 0.3 is 0 Å². The zero-order chi connectivity index (χ0) is 10.9. The van der Waals surface area contributed by atoms with Crippen molar-refractivity contribution in [2.45, 2.75) is 31.8 Å². The van der Waals surface area contributed by atoms with Gasteiger partial charge in [0.2, 0.25) is 0 Å². The number of aliphatic hydroxyl groups is 1. The summed E-state index contributed by atoms with van der Waals surface area (Å²) in [5.74, 6) is 1.16. The molecule has 0 saturated heterocycles. The molecule has 0 unspecified atom stereocenters. The van der Waals surface area contributed by atoms with Gasteiger partial charge in [-0.05, 0) is 42.9 Å². The normalized spacial score (nSPS) is 30.5. The van der Waals surface area contributed by atoms with E-state index < -0.39 is 5.60 Å². The number of hydrogen-bond donors (Lipinski definition) is 1. The van der Waals surface area contributed by atoms with Crippen LogP contribution in [0.15, 0.2) is 24.3 Å². The number of ether oxygens (including phenoxy) is 1. The number of methoxy groups -OCH3 is 1. The number of benzene rings is 1. The summed E-state index contributed by atoms with van der Waals surface area (Å²) >= 11 is 0. The molecule has 2 atom stereocenters. The lowest BCUT2D eigenvalue weighted by molar-refractivity contribution is 0.00432. The van der Waals surface area contributed by atoms with Crippen LogP contribution in [0.1, 0.15) is 31.7 Å². The van der Waals surface area contributed by atoms with Crippen molar-refractivity contribution in [2.24, 2.45) is 5.92 Å². The fraction of sp³-hybridized carbons (Fsp3) is 0.538. The van der Waals surface area contributed by atoms with Gasteiger partial charge in [-0.2, -0.15) is 0 Å². The average molecular weight is 206 g/mol. The summed E-state index contributed by atoms with van der Waals surface area (Å²) in [5, 5.41) is 10.6. The van der Waals surface area contributed by atoms with Crippen LogP contribution in [-0.2, 0) is 5.60 Å². The molecule has 0 radical (unpaired) electrons. The minimum absolute atomic E-state index is 0.338. The molecule has 0 spiro atoms. The van der Waals surface area contributed by atoms with E-state index in [9.17, 15) is 5.11 Å². The van der Waals surface area contributed by atoms with Crippen LogP contribution < -0.4 is 4.74 Å². The molecule has 2 heteroatoms. The van der Waals surface area contributed by atoms with E-state index in [2.05, 4.69) is 6.92 Å². The van der Waals surface area contributed by atoms with E-state index in [1.54, 1.807) is 7.11 Å². The zero-order valence-corrected chi connectivity index (χ0v) is 9.36. The van der Waals surface area contributed by atoms with Gasteiger partial charge < -0.3 is 9.84 Å². The summed E-state index contributed by atoms with van der Waals surface area (Å²) in [4.78, 5) is 0. The Morgan fingerprint density at radius 3 is 2.87 bits per heavy atom. The van der Waals surface area contributed by atoms with Crippen molar-refractivity contribution in [3.05, 3.63) is 29.8 Å². The SMILES string of the molecule is COc1cccc([C@@]2(O)CCC[C@@H]2C)c1. The summed E-state index contributed by atoms with van der Waals surface area (Å²) < 4.78 is 5.18. The zero-order valence-electron chi connectivity index (χ0n) is 9.36. The van der Waals surface area contributed by atoms with Crippen molar-refractivity contribution < 1.29 is 9.84 Å². The van der Waals surface area contributed by atoms with Crippen molar-refractivity contribution in [1.29, 1.82) is 0 Å². The highest BCUT2D eigenvalue weighted by molar-refractivity contribution is 5.33. The van der Waals surface area contributed by atoms with E-state index in [1.165, 1.54) is 0 Å². The summed E-state index contributed by atoms with van der Waals surface area (Å²) in [7, 11) is 1.65. The Morgan fingerprint density at radius 2 is 2.27 bits per heavy atom. The molecule has 82 valence electrons. The first-order valence-electron chi connectivity index (χ1n) is 5.54. The smallest absolute Gasteiger partial charge is 0.119 e. The predicted octanol–water partition coefficient (Wildman–Crippen LogP) is 2.70. The van der Waals surface area contributed by atoms with Crippen molar-refractivity contribution in [2.75, 3.05) is 7.11 Å². The lowest BCUT2D eigenvalue weighted by Gasteiger charge is -2.28. The van der Waals surface area contributed by atoms with Gasteiger partial charge in [0.05, 0.1) is 12.7 Å². The molecule has 1 N–H and O–H groups in total. The second-order valence-electron chi connectivity index (χ2n) is 4.45. The Bertz CT molecular complexity index is 348. The topological polar surface area (TPSA) is 29.5 Å². The molecule has 1 aliphatic rings. The standard InChI is InChI=1S/C13H18O2/c1-10-5-4-8-13(10,14)11-6-3-7-12(9-11)15-2/h3,6-7,9-10,14H,4-5,8H2,1-2H3/t10-,13+/m0/s1. The van der Waals surface area contributed by atoms with E-state index in [-0.39, 0.29) is 0 Å². The van der Waals surface area contributed by atoms with E-state index in [0.717, 1.165) is 30.6 Å². The van der Waals surface area contributed by atoms with Crippen LogP contribution in [0.4, 0.5) is 0 Å². The molecule has 0 amide bonds. The van der Waals surface area contributed by atoms with E-state index in [0.29, 0.717) is 5.92 Å². The second-order valence-corrected chi connectivity index (χ2v) is 4.45. The van der Waals surface area contributed by atoms with Gasteiger partial charge in [0.25, 0.3) is 0 Å². The maximum Gasteiger partial charge on any atom is 0.119 e. The Hall–Kier alpha value is -1.02. The van der Waals surface area contributed by atoms with Gasteiger partial charge in [0.15, 0.2) is 0 Å². The van der Waals surface area contributed by atoms with Gasteiger partial charge in [-0.15, -0.1) is 0 Å². The summed E-state index contributed by atoms with van der Waals surface area (Å²) in [5.41, 5.74) is 0.348. The molecule has 15 heavy (non-hydrogen) atoms. The summed E-state index contributed by atoms with van der Waals surface area (Å²) in [6.45, 7) is 2.12. The molecule has 0 bridgehead atoms. The Balaban J connectivity index is 2.35. The number of hydrogen-bond acceptors (Lipinski definition) is 2. The maximum absolute atomic E-state index is 10.6. The minimum atomic E-state index is -0.644. The van der Waals surface area contributed by atoms with Crippen LogP contribution in [0.25, 0.3) is 0 Å². The van der Waals surface area contributed by atoms with Crippen molar-refractivity contribution in [3.63, 3.8) is 0 Å². The van der Waals surface area contributed by atoms with Crippen LogP contribution in [0.3, 0.4) is 0 Å². The molecule has 1 aromatic rings. The highest BCUT2D eigenvalue weighted by atomic mass is 16.5. The van der Waals surface area contributed by atoms with Gasteiger partial charge in [-0.25, -0.2) is 0 Å². The Labute approximate surface area is 90.9 Å². The quantitative estimate of drug-likeness (QED) is 0.806. The molecule has 1 aromatic carbocycles. The third kappa shape index (κ3) is 1.74. The molecule has 1 saturated carbocycles. The molecule has 2 nitrogen and oxygen atoms in total. The highest BCUT2D eigenvalue weighted by Crippen LogP contribution is 2.43. The minimum Gasteiger partial charge on any atom is -0.497 e. The van der Waals surface area contributed by atoms with Crippen LogP contribution in [0, 0.1) is 5.92 Å². The van der Waals surface area contributed by atoms with Gasteiger partial charge in [0.1, 0.15) is 5.75 Å². The lowest BCUT2D eigenvalue weighted by atomic mass is 9.85.